The van der Waals surface area contributed by atoms with Crippen molar-refractivity contribution in [3.8, 4) is 0 Å². The molecule has 2 amide bonds. The molecular weight excluding hydrogens is 1370 g/mol. The number of nitrogens with one attached hydrogen (secondary N) is 3. The number of ether oxygens (including phenoxy) is 3. The Labute approximate surface area is 613 Å². The van der Waals surface area contributed by atoms with Crippen molar-refractivity contribution >= 4 is 84.6 Å². The number of nitrogens with zero attached hydrogens (tertiary/aromatic N) is 1. The van der Waals surface area contributed by atoms with Crippen molar-refractivity contribution < 1.29 is 73.3 Å². The van der Waals surface area contributed by atoms with Crippen molar-refractivity contribution in [1.29, 1.82) is 0 Å². The number of aliphatic imine (C=N–C) groups is 1. The summed E-state index contributed by atoms with van der Waals surface area (Å²) in [4.78, 5) is 83.6. The summed E-state index contributed by atoms with van der Waals surface area (Å²) in [7, 11) is -11.5. The molecule has 0 aromatic carbocycles. The lowest BCUT2D eigenvalue weighted by molar-refractivity contribution is -0.164. The molecule has 101 heavy (non-hydrogen) atoms. The van der Waals surface area contributed by atoms with Crippen molar-refractivity contribution in [3.05, 3.63) is 50.1 Å². The molecule has 2 saturated carbocycles. The fraction of sp³-hybridized carbons (Fsp3) is 0.792. The van der Waals surface area contributed by atoms with Gasteiger partial charge in [-0.1, -0.05) is 159 Å². The molecule has 5 unspecified atom stereocenters. The first kappa shape index (κ1) is 89.1. The van der Waals surface area contributed by atoms with Crippen LogP contribution >= 0.6 is 23.5 Å². The Balaban J connectivity index is 1.98. The summed E-state index contributed by atoms with van der Waals surface area (Å²) in [5, 5.41) is 17.1. The second-order valence-electron chi connectivity index (χ2n) is 34.4. The van der Waals surface area contributed by atoms with Gasteiger partial charge in [0.15, 0.2) is 9.84 Å². The van der Waals surface area contributed by atoms with E-state index in [9.17, 15) is 39.9 Å². The van der Waals surface area contributed by atoms with Crippen LogP contribution in [0.25, 0.3) is 0 Å². The number of carbonyl (C=O) groups excluding carboxylic acids is 5. The molecule has 4 rings (SSSR count). The third-order valence-corrected chi connectivity index (χ3v) is 27.9. The molecule has 4 N–H and O–H groups in total. The molecule has 2 heterocycles. The van der Waals surface area contributed by atoms with E-state index in [2.05, 4.69) is 119 Å². The van der Waals surface area contributed by atoms with Crippen LogP contribution in [0.1, 0.15) is 270 Å². The first-order valence-corrected chi connectivity index (χ1v) is 42.4. The Morgan fingerprint density at radius 2 is 1.07 bits per heavy atom. The number of aliphatic hydroxyl groups is 1. The number of halogens is 3. The van der Waals surface area contributed by atoms with E-state index in [1.165, 1.54) is 0 Å². The van der Waals surface area contributed by atoms with Crippen LogP contribution < -0.4 is 10.6 Å². The minimum Gasteiger partial charge on any atom is -0.509 e. The summed E-state index contributed by atoms with van der Waals surface area (Å²) in [6, 6.07) is -0.807. The second-order valence-corrected chi connectivity index (χ2v) is 40.8. The van der Waals surface area contributed by atoms with Crippen molar-refractivity contribution in [2.75, 3.05) is 41.2 Å². The van der Waals surface area contributed by atoms with Crippen LogP contribution in [0.5, 0.6) is 0 Å². The number of esters is 3. The standard InChI is InChI=1S/C77H127F3N4O13S4/c1-26-75(27-2,33-30-36-98-38-32-35-95-65(86)47(9)10)69(89)83-63-59(66(87)96-61-50(71(13,14)15)39-48(11)40-51(61)72(16,17)18)57(45(5)6)54(81-63)43-55-58(46(7)8)60(67(88)97-62-52(73(19,20)21)41-49(12)42-53(62)74(22,23)24)64(82-55)84-70(90)76(28-3,29-4)34-31-37-99-44-56(85)68(100(25,91)92)101(93,94)77(78,79)80/h45-46,48-54,61-62,82,85H,9,26-44H2,1-8,10-25H3,(H,84,90)(H,81,83,89). The highest BCUT2D eigenvalue weighted by molar-refractivity contribution is 8.14. The van der Waals surface area contributed by atoms with Crippen molar-refractivity contribution in [2.45, 2.75) is 279 Å². The largest absolute Gasteiger partial charge is 0.509 e. The van der Waals surface area contributed by atoms with Crippen molar-refractivity contribution in [1.82, 2.24) is 10.3 Å². The fourth-order valence-electron chi connectivity index (χ4n) is 15.7. The zero-order valence-electron chi connectivity index (χ0n) is 65.6. The molecule has 578 valence electrons. The summed E-state index contributed by atoms with van der Waals surface area (Å²) in [6.45, 7) is 51.8. The molecule has 5 atom stereocenters. The van der Waals surface area contributed by atoms with Gasteiger partial charge in [0.2, 0.25) is 16.1 Å². The topological polar surface area (TPSA) is 254 Å². The number of sulfone groups is 2. The maximum absolute atomic E-state index is 15.9. The number of hydrogen-bond donors (Lipinski definition) is 4. The van der Waals surface area contributed by atoms with Crippen LogP contribution in [0.15, 0.2) is 38.3 Å². The maximum atomic E-state index is 15.9. The number of rotatable bonds is 32. The van der Waals surface area contributed by atoms with E-state index in [0.717, 1.165) is 55.4 Å². The van der Waals surface area contributed by atoms with Gasteiger partial charge in [0.25, 0.3) is 9.84 Å². The highest BCUT2D eigenvalue weighted by atomic mass is 32.3. The zero-order valence-corrected chi connectivity index (χ0v) is 68.8. The Hall–Kier alpha value is -4.29. The number of amidine groups is 1. The minimum absolute atomic E-state index is 0.00427. The predicted octanol–water partition coefficient (Wildman–Crippen LogP) is 18.3. The first-order valence-electron chi connectivity index (χ1n) is 36.8. The Morgan fingerprint density at radius 1 is 0.653 bits per heavy atom. The van der Waals surface area contributed by atoms with E-state index in [4.69, 9.17) is 19.2 Å². The van der Waals surface area contributed by atoms with Crippen LogP contribution in [0.3, 0.4) is 0 Å². The Morgan fingerprint density at radius 3 is 1.46 bits per heavy atom. The van der Waals surface area contributed by atoms with Crippen LogP contribution in [0.2, 0.25) is 0 Å². The van der Waals surface area contributed by atoms with Gasteiger partial charge in [-0.25, -0.2) is 31.2 Å². The fourth-order valence-corrected chi connectivity index (χ4v) is 20.6. The van der Waals surface area contributed by atoms with E-state index in [1.54, 1.807) is 18.7 Å². The minimum atomic E-state index is -6.43. The molecule has 0 bridgehead atoms. The molecule has 2 aliphatic carbocycles. The molecular formula is C77H127F3N4O13S4. The monoisotopic (exact) mass is 1500 g/mol. The van der Waals surface area contributed by atoms with Crippen molar-refractivity contribution in [2.24, 2.45) is 78.9 Å². The van der Waals surface area contributed by atoms with Gasteiger partial charge in [-0.05, 0) is 164 Å². The Kier molecular flexibility index (Phi) is 31.2. The molecule has 24 heteroatoms. The maximum Gasteiger partial charge on any atom is 0.502 e. The molecule has 1 aromatic rings. The SMILES string of the molecule is C=C(C)C(=O)OCCCSCCCC(CC)(CC)C(=O)NC1=NC(Cc2[nH]c(NC(=O)C(CC)(CC)CCCSCC(O)=C(S(C)(=O)=O)S(=O)(=O)C(F)(F)F)c(C(=O)OC3C(C(C)(C)C)CC(C)CC3C(C)(C)C)c2C(C)C)C(C(C)C)=C1C(=O)OC1C(C(C)(C)C)CC(C)CC1C(C)(C)C. The van der Waals surface area contributed by atoms with Gasteiger partial charge >= 0.3 is 23.4 Å². The van der Waals surface area contributed by atoms with Crippen LogP contribution in [0, 0.1) is 73.9 Å². The van der Waals surface area contributed by atoms with Gasteiger partial charge in [0.1, 0.15) is 40.8 Å². The lowest BCUT2D eigenvalue weighted by Crippen LogP contribution is -2.50. The van der Waals surface area contributed by atoms with Gasteiger partial charge in [0, 0.05) is 58.4 Å². The van der Waals surface area contributed by atoms with Gasteiger partial charge in [-0.3, -0.25) is 14.6 Å². The van der Waals surface area contributed by atoms with Gasteiger partial charge in [-0.2, -0.15) is 36.7 Å². The molecule has 0 spiro atoms. The van der Waals surface area contributed by atoms with E-state index in [-0.39, 0.29) is 137 Å². The number of thioether (sulfide) groups is 2. The molecule has 0 saturated heterocycles. The number of H-pyrrole nitrogens is 1. The van der Waals surface area contributed by atoms with Gasteiger partial charge in [0.05, 0.1) is 18.4 Å². The van der Waals surface area contributed by atoms with E-state index < -0.39 is 93.8 Å². The molecule has 0 radical (unpaired) electrons. The number of anilines is 1. The first-order chi connectivity index (χ1) is 46.2. The third kappa shape index (κ3) is 22.4. The summed E-state index contributed by atoms with van der Waals surface area (Å²) in [6.07, 6.45) is 6.59. The highest BCUT2D eigenvalue weighted by Gasteiger charge is 2.54. The molecule has 1 aromatic heterocycles. The highest BCUT2D eigenvalue weighted by Crippen LogP contribution is 2.53. The molecule has 1 aliphatic heterocycles. The lowest BCUT2D eigenvalue weighted by atomic mass is 9.59. The van der Waals surface area contributed by atoms with Crippen LogP contribution in [-0.2, 0) is 59.5 Å². The quantitative estimate of drug-likeness (QED) is 0.0172. The second kappa shape index (κ2) is 35.4. The number of aromatic amines is 1. The number of carbonyl (C=O) groups is 5. The summed E-state index contributed by atoms with van der Waals surface area (Å²) in [5.41, 5.74) is -6.60. The number of alkyl halides is 3. The summed E-state index contributed by atoms with van der Waals surface area (Å²) >= 11 is 2.53. The summed E-state index contributed by atoms with van der Waals surface area (Å²) in [5.74, 6) is -2.89. The van der Waals surface area contributed by atoms with E-state index in [1.807, 2.05) is 55.4 Å². The summed E-state index contributed by atoms with van der Waals surface area (Å²) < 4.78 is 108. The zero-order chi connectivity index (χ0) is 77.3. The van der Waals surface area contributed by atoms with Gasteiger partial charge < -0.3 is 34.9 Å². The number of aliphatic hydroxyl groups excluding tert-OH is 1. The smallest absolute Gasteiger partial charge is 0.502 e. The average molecular weight is 1500 g/mol. The van der Waals surface area contributed by atoms with E-state index in [0.29, 0.717) is 59.9 Å². The van der Waals surface area contributed by atoms with Crippen LogP contribution in [-0.4, -0.2) is 122 Å². The molecule has 17 nitrogen and oxygen atoms in total. The lowest BCUT2D eigenvalue weighted by Gasteiger charge is -2.50. The molecule has 3 aliphatic rings. The number of hydrogen-bond acceptors (Lipinski definition) is 16. The number of amides is 2. The third-order valence-electron chi connectivity index (χ3n) is 21.8. The van der Waals surface area contributed by atoms with Crippen LogP contribution in [0.4, 0.5) is 19.0 Å². The molecule has 2 fully saturated rings. The van der Waals surface area contributed by atoms with E-state index >= 15 is 19.2 Å². The average Bonchev–Trinajstić information content (AvgIpc) is 1.74. The normalized spacial score (nSPS) is 22.6. The van der Waals surface area contributed by atoms with Gasteiger partial charge in [-0.15, -0.1) is 0 Å². The predicted molar refractivity (Wildman–Crippen MR) is 405 cm³/mol. The number of aromatic nitrogens is 1. The van der Waals surface area contributed by atoms with Crippen molar-refractivity contribution in [3.63, 3.8) is 0 Å². The Bertz CT molecular complexity index is 3360.